The van der Waals surface area contributed by atoms with Gasteiger partial charge in [0.25, 0.3) is 0 Å². The summed E-state index contributed by atoms with van der Waals surface area (Å²) in [5.74, 6) is -1.16. The maximum Gasteiger partial charge on any atom is 0.414 e. The number of imide groups is 1. The molecule has 1 atom stereocenters. The third kappa shape index (κ3) is 1.44. The molecule has 1 rings (SSSR count). The molecule has 0 bridgehead atoms. The molecule has 5 nitrogen and oxygen atoms in total. The summed E-state index contributed by atoms with van der Waals surface area (Å²) in [6.07, 6.45) is -1.56. The summed E-state index contributed by atoms with van der Waals surface area (Å²) >= 11 is 0. The zero-order valence-electron chi connectivity index (χ0n) is 6.61. The molecule has 1 N–H and O–H groups in total. The van der Waals surface area contributed by atoms with Crippen molar-refractivity contribution in [3.8, 4) is 0 Å². The number of Topliss-reactive ketones (excluding diaryl/α,β-unsaturated/α-hetero) is 1. The average molecular weight is 171 g/mol. The number of likely N-dealkylation sites (tertiary alicyclic amines) is 1. The number of piperidine rings is 1. The molecule has 0 saturated carbocycles. The molecule has 1 fully saturated rings. The number of amides is 2. The summed E-state index contributed by atoms with van der Waals surface area (Å²) in [5.41, 5.74) is 0. The number of rotatable bonds is 0. The summed E-state index contributed by atoms with van der Waals surface area (Å²) in [4.78, 5) is 32.9. The molecule has 1 heterocycles. The number of hydrogen-bond acceptors (Lipinski definition) is 3. The second-order valence-electron chi connectivity index (χ2n) is 2.83. The second kappa shape index (κ2) is 2.92. The summed E-state index contributed by atoms with van der Waals surface area (Å²) in [7, 11) is 0. The summed E-state index contributed by atoms with van der Waals surface area (Å²) in [6, 6.07) is 0. The predicted molar refractivity (Wildman–Crippen MR) is 38.5 cm³/mol. The van der Waals surface area contributed by atoms with Crippen LogP contribution in [0, 0.1) is 5.92 Å². The van der Waals surface area contributed by atoms with Gasteiger partial charge in [-0.2, -0.15) is 0 Å². The smallest absolute Gasteiger partial charge is 0.414 e. The number of hydrogen-bond donors (Lipinski definition) is 1. The lowest BCUT2D eigenvalue weighted by molar-refractivity contribution is -0.140. The van der Waals surface area contributed by atoms with Crippen LogP contribution in [-0.2, 0) is 9.59 Å². The Hall–Kier alpha value is -1.39. The largest absolute Gasteiger partial charge is 0.465 e. The maximum atomic E-state index is 10.9. The Morgan fingerprint density at radius 1 is 1.58 bits per heavy atom. The van der Waals surface area contributed by atoms with Crippen LogP contribution >= 0.6 is 0 Å². The van der Waals surface area contributed by atoms with Crippen molar-refractivity contribution in [2.45, 2.75) is 13.3 Å². The minimum absolute atomic E-state index is 0.00694. The van der Waals surface area contributed by atoms with Crippen LogP contribution in [-0.4, -0.2) is 34.3 Å². The van der Waals surface area contributed by atoms with E-state index in [0.717, 1.165) is 0 Å². The molecule has 5 heteroatoms. The maximum absolute atomic E-state index is 10.9. The summed E-state index contributed by atoms with van der Waals surface area (Å²) < 4.78 is 0. The highest BCUT2D eigenvalue weighted by molar-refractivity contribution is 6.06. The first-order valence-corrected chi connectivity index (χ1v) is 3.58. The van der Waals surface area contributed by atoms with E-state index >= 15 is 0 Å². The SMILES string of the molecule is C[C@H]1CN(C(=O)O)C(=O)CC1=O. The topological polar surface area (TPSA) is 74.7 Å². The Bertz CT molecular complexity index is 248. The summed E-state index contributed by atoms with van der Waals surface area (Å²) in [6.45, 7) is 1.61. The van der Waals surface area contributed by atoms with Crippen molar-refractivity contribution in [3.63, 3.8) is 0 Å². The molecule has 1 aliphatic heterocycles. The Labute approximate surface area is 69.0 Å². The lowest BCUT2D eigenvalue weighted by Crippen LogP contribution is -2.46. The molecular formula is C7H9NO4. The predicted octanol–water partition coefficient (Wildman–Crippen LogP) is 0.102. The molecule has 1 saturated heterocycles. The van der Waals surface area contributed by atoms with Gasteiger partial charge in [0.2, 0.25) is 5.91 Å². The Kier molecular flexibility index (Phi) is 2.12. The van der Waals surface area contributed by atoms with Crippen LogP contribution in [0.3, 0.4) is 0 Å². The van der Waals surface area contributed by atoms with Gasteiger partial charge in [0, 0.05) is 12.5 Å². The van der Waals surface area contributed by atoms with E-state index in [1.165, 1.54) is 0 Å². The zero-order valence-corrected chi connectivity index (χ0v) is 6.61. The van der Waals surface area contributed by atoms with Gasteiger partial charge in [0.15, 0.2) is 0 Å². The molecule has 0 aromatic rings. The van der Waals surface area contributed by atoms with Gasteiger partial charge in [0.05, 0.1) is 6.42 Å². The van der Waals surface area contributed by atoms with E-state index in [1.54, 1.807) is 6.92 Å². The third-order valence-corrected chi connectivity index (χ3v) is 1.86. The molecular weight excluding hydrogens is 162 g/mol. The van der Waals surface area contributed by atoms with E-state index in [4.69, 9.17) is 5.11 Å². The third-order valence-electron chi connectivity index (χ3n) is 1.86. The fourth-order valence-corrected chi connectivity index (χ4v) is 1.08. The van der Waals surface area contributed by atoms with Crippen LogP contribution in [0.5, 0.6) is 0 Å². The van der Waals surface area contributed by atoms with Crippen LogP contribution in [0.25, 0.3) is 0 Å². The molecule has 0 spiro atoms. The van der Waals surface area contributed by atoms with Gasteiger partial charge in [-0.15, -0.1) is 0 Å². The van der Waals surface area contributed by atoms with Gasteiger partial charge in [-0.3, -0.25) is 9.59 Å². The Balaban J connectivity index is 2.74. The molecule has 66 valence electrons. The first-order valence-electron chi connectivity index (χ1n) is 3.58. The van der Waals surface area contributed by atoms with E-state index in [0.29, 0.717) is 4.90 Å². The van der Waals surface area contributed by atoms with Crippen LogP contribution in [0.15, 0.2) is 0 Å². The number of carboxylic acid groups (broad SMARTS) is 1. The standard InChI is InChI=1S/C7H9NO4/c1-4-3-8(7(11)12)6(10)2-5(4)9/h4H,2-3H2,1H3,(H,11,12)/t4-/m0/s1. The zero-order chi connectivity index (χ0) is 9.30. The molecule has 0 unspecified atom stereocenters. The summed E-state index contributed by atoms with van der Waals surface area (Å²) in [5, 5.41) is 8.51. The first kappa shape index (κ1) is 8.70. The number of ketones is 1. The van der Waals surface area contributed by atoms with E-state index in [1.807, 2.05) is 0 Å². The normalized spacial score (nSPS) is 24.4. The quantitative estimate of drug-likeness (QED) is 0.524. The minimum Gasteiger partial charge on any atom is -0.465 e. The van der Waals surface area contributed by atoms with Crippen molar-refractivity contribution >= 4 is 17.8 Å². The van der Waals surface area contributed by atoms with Crippen molar-refractivity contribution < 1.29 is 19.5 Å². The van der Waals surface area contributed by atoms with Crippen molar-refractivity contribution in [1.29, 1.82) is 0 Å². The van der Waals surface area contributed by atoms with Crippen molar-refractivity contribution in [3.05, 3.63) is 0 Å². The molecule has 2 amide bonds. The van der Waals surface area contributed by atoms with E-state index in [-0.39, 0.29) is 24.7 Å². The molecule has 0 radical (unpaired) electrons. The number of nitrogens with zero attached hydrogens (tertiary/aromatic N) is 1. The molecule has 0 aromatic heterocycles. The lowest BCUT2D eigenvalue weighted by atomic mass is 9.98. The van der Waals surface area contributed by atoms with Crippen LogP contribution in [0.1, 0.15) is 13.3 Å². The van der Waals surface area contributed by atoms with E-state index in [9.17, 15) is 14.4 Å². The van der Waals surface area contributed by atoms with Gasteiger partial charge in [0.1, 0.15) is 5.78 Å². The van der Waals surface area contributed by atoms with Crippen LogP contribution in [0.4, 0.5) is 4.79 Å². The fourth-order valence-electron chi connectivity index (χ4n) is 1.08. The van der Waals surface area contributed by atoms with Gasteiger partial charge in [-0.05, 0) is 0 Å². The molecule has 0 aliphatic carbocycles. The van der Waals surface area contributed by atoms with Crippen molar-refractivity contribution in [2.75, 3.05) is 6.54 Å². The minimum atomic E-state index is -1.28. The first-order chi connectivity index (χ1) is 5.52. The lowest BCUT2D eigenvalue weighted by Gasteiger charge is -2.25. The van der Waals surface area contributed by atoms with Crippen LogP contribution < -0.4 is 0 Å². The number of carbonyl (C=O) groups excluding carboxylic acids is 2. The van der Waals surface area contributed by atoms with Crippen LogP contribution in [0.2, 0.25) is 0 Å². The fraction of sp³-hybridized carbons (Fsp3) is 0.571. The average Bonchev–Trinajstić information content (AvgIpc) is 1.96. The highest BCUT2D eigenvalue weighted by Crippen LogP contribution is 2.13. The highest BCUT2D eigenvalue weighted by Gasteiger charge is 2.33. The van der Waals surface area contributed by atoms with E-state index < -0.39 is 12.0 Å². The highest BCUT2D eigenvalue weighted by atomic mass is 16.4. The second-order valence-corrected chi connectivity index (χ2v) is 2.83. The van der Waals surface area contributed by atoms with Gasteiger partial charge in [-0.1, -0.05) is 6.92 Å². The van der Waals surface area contributed by atoms with Gasteiger partial charge >= 0.3 is 6.09 Å². The van der Waals surface area contributed by atoms with Gasteiger partial charge in [-0.25, -0.2) is 9.69 Å². The number of carbonyl (C=O) groups is 3. The Morgan fingerprint density at radius 2 is 2.17 bits per heavy atom. The molecule has 1 aliphatic rings. The van der Waals surface area contributed by atoms with Gasteiger partial charge < -0.3 is 5.11 Å². The van der Waals surface area contributed by atoms with Crippen molar-refractivity contribution in [2.24, 2.45) is 5.92 Å². The Morgan fingerprint density at radius 3 is 2.67 bits per heavy atom. The molecule has 0 aromatic carbocycles. The van der Waals surface area contributed by atoms with Crippen molar-refractivity contribution in [1.82, 2.24) is 4.90 Å². The molecule has 12 heavy (non-hydrogen) atoms. The van der Waals surface area contributed by atoms with E-state index in [2.05, 4.69) is 0 Å². The monoisotopic (exact) mass is 171 g/mol.